The van der Waals surface area contributed by atoms with Crippen molar-refractivity contribution in [2.24, 2.45) is 11.8 Å². The lowest BCUT2D eigenvalue weighted by Crippen LogP contribution is -2.65. The summed E-state index contributed by atoms with van der Waals surface area (Å²) in [5.74, 6) is 2.10. The molecule has 1 N–H and O–H groups in total. The molecular formula is C31H46N4O3. The van der Waals surface area contributed by atoms with Gasteiger partial charge in [-0.15, -0.1) is 0 Å². The van der Waals surface area contributed by atoms with Crippen molar-refractivity contribution in [1.82, 2.24) is 19.7 Å². The van der Waals surface area contributed by atoms with Crippen LogP contribution < -0.4 is 10.1 Å². The fourth-order valence-corrected chi connectivity index (χ4v) is 7.20. The van der Waals surface area contributed by atoms with Crippen LogP contribution in [0.2, 0.25) is 0 Å². The Morgan fingerprint density at radius 3 is 2.45 bits per heavy atom. The molecule has 3 atom stereocenters. The fraction of sp³-hybridized carbons (Fsp3) is 0.677. The minimum atomic E-state index is -0.951. The molecule has 3 heterocycles. The minimum Gasteiger partial charge on any atom is -0.497 e. The van der Waals surface area contributed by atoms with Gasteiger partial charge < -0.3 is 24.4 Å². The van der Waals surface area contributed by atoms with Crippen LogP contribution in [0.3, 0.4) is 0 Å². The van der Waals surface area contributed by atoms with Crippen molar-refractivity contribution in [1.29, 1.82) is 0 Å². The van der Waals surface area contributed by atoms with E-state index in [-0.39, 0.29) is 17.9 Å². The lowest BCUT2D eigenvalue weighted by atomic mass is 9.91. The van der Waals surface area contributed by atoms with Crippen LogP contribution in [0.5, 0.6) is 5.75 Å². The number of fused-ring (bicyclic) bond motifs is 3. The molecule has 38 heavy (non-hydrogen) atoms. The lowest BCUT2D eigenvalue weighted by Gasteiger charge is -2.45. The number of nitrogens with zero attached hydrogens (tertiary/aromatic N) is 3. The van der Waals surface area contributed by atoms with Crippen LogP contribution in [0.1, 0.15) is 82.6 Å². The number of hydrogen-bond acceptors (Lipinski definition) is 4. The van der Waals surface area contributed by atoms with Crippen molar-refractivity contribution in [3.63, 3.8) is 0 Å². The number of carbonyl (C=O) groups is 2. The Kier molecular flexibility index (Phi) is 8.03. The molecular weight excluding hydrogens is 476 g/mol. The van der Waals surface area contributed by atoms with E-state index in [1.165, 1.54) is 19.3 Å². The minimum absolute atomic E-state index is 0.0200. The van der Waals surface area contributed by atoms with Crippen molar-refractivity contribution in [3.05, 3.63) is 30.0 Å². The molecule has 5 rings (SSSR count). The summed E-state index contributed by atoms with van der Waals surface area (Å²) < 4.78 is 7.51. The Balaban J connectivity index is 1.41. The van der Waals surface area contributed by atoms with E-state index in [1.54, 1.807) is 7.11 Å². The maximum absolute atomic E-state index is 14.1. The van der Waals surface area contributed by atoms with Crippen LogP contribution in [0.15, 0.2) is 24.3 Å². The molecule has 0 spiro atoms. The summed E-state index contributed by atoms with van der Waals surface area (Å²) in [4.78, 5) is 32.5. The molecule has 0 bridgehead atoms. The second-order valence-electron chi connectivity index (χ2n) is 12.5. The van der Waals surface area contributed by atoms with Crippen molar-refractivity contribution in [2.45, 2.75) is 90.3 Å². The Bertz CT molecular complexity index is 1140. The van der Waals surface area contributed by atoms with Crippen molar-refractivity contribution < 1.29 is 14.3 Å². The van der Waals surface area contributed by atoms with Gasteiger partial charge in [0.25, 0.3) is 5.91 Å². The van der Waals surface area contributed by atoms with Crippen LogP contribution in [-0.4, -0.2) is 71.1 Å². The van der Waals surface area contributed by atoms with Gasteiger partial charge in [0.05, 0.1) is 19.2 Å². The summed E-state index contributed by atoms with van der Waals surface area (Å²) >= 11 is 0. The van der Waals surface area contributed by atoms with Gasteiger partial charge in [0.15, 0.2) is 0 Å². The molecule has 1 aliphatic carbocycles. The highest BCUT2D eigenvalue weighted by Gasteiger charge is 2.48. The highest BCUT2D eigenvalue weighted by molar-refractivity contribution is 6.03. The van der Waals surface area contributed by atoms with E-state index in [2.05, 4.69) is 24.1 Å². The standard InChI is InChI=1S/C31H46N4O3/c1-22-16-23(2)20-33(19-22)14-9-15-35-29(36)28-17-24-12-13-26(38-4)18-27(24)34(28)21-31(35,3)30(37)32-25-10-7-5-6-8-11-25/h12-13,17-18,22-23,25H,5-11,14-16,19-21H2,1-4H3,(H,32,37)/t22-,23-,31-/m1/s1. The smallest absolute Gasteiger partial charge is 0.271 e. The molecule has 7 nitrogen and oxygen atoms in total. The van der Waals surface area contributed by atoms with Crippen molar-refractivity contribution in [3.8, 4) is 5.75 Å². The van der Waals surface area contributed by atoms with Crippen LogP contribution in [0, 0.1) is 11.8 Å². The summed E-state index contributed by atoms with van der Waals surface area (Å²) in [6.45, 7) is 10.9. The number of ether oxygens (including phenoxy) is 1. The second-order valence-corrected chi connectivity index (χ2v) is 12.5. The number of nitrogens with one attached hydrogen (secondary N) is 1. The first kappa shape index (κ1) is 27.0. The average molecular weight is 523 g/mol. The number of carbonyl (C=O) groups excluding carboxylic acids is 2. The monoisotopic (exact) mass is 522 g/mol. The Labute approximate surface area is 227 Å². The zero-order valence-electron chi connectivity index (χ0n) is 23.8. The maximum Gasteiger partial charge on any atom is 0.271 e. The van der Waals surface area contributed by atoms with E-state index in [9.17, 15) is 9.59 Å². The van der Waals surface area contributed by atoms with Crippen LogP contribution >= 0.6 is 0 Å². The van der Waals surface area contributed by atoms with E-state index in [0.29, 0.717) is 30.6 Å². The van der Waals surface area contributed by atoms with Gasteiger partial charge in [0.1, 0.15) is 17.0 Å². The quantitative estimate of drug-likeness (QED) is 0.516. The Morgan fingerprint density at radius 2 is 1.76 bits per heavy atom. The lowest BCUT2D eigenvalue weighted by molar-refractivity contribution is -0.133. The SMILES string of the molecule is COc1ccc2cc3n(c2c1)C[C@](C)(C(=O)NC1CCCCCC1)N(CCCN1C[C@H](C)C[C@@H](C)C1)C3=O. The largest absolute Gasteiger partial charge is 0.497 e. The molecule has 1 saturated carbocycles. The first-order valence-electron chi connectivity index (χ1n) is 14.8. The molecule has 1 aromatic heterocycles. The summed E-state index contributed by atoms with van der Waals surface area (Å²) in [5.41, 5.74) is 0.652. The molecule has 3 aliphatic rings. The third-order valence-electron chi connectivity index (χ3n) is 9.12. The summed E-state index contributed by atoms with van der Waals surface area (Å²) in [6, 6.07) is 8.07. The van der Waals surface area contributed by atoms with Gasteiger partial charge >= 0.3 is 0 Å². The summed E-state index contributed by atoms with van der Waals surface area (Å²) in [5, 5.41) is 4.38. The van der Waals surface area contributed by atoms with E-state index < -0.39 is 5.54 Å². The van der Waals surface area contributed by atoms with Crippen molar-refractivity contribution >= 4 is 22.7 Å². The van der Waals surface area contributed by atoms with E-state index >= 15 is 0 Å². The number of hydrogen-bond donors (Lipinski definition) is 1. The van der Waals surface area contributed by atoms with Gasteiger partial charge in [0.2, 0.25) is 5.91 Å². The fourth-order valence-electron chi connectivity index (χ4n) is 7.20. The van der Waals surface area contributed by atoms with Crippen LogP contribution in [0.4, 0.5) is 0 Å². The highest BCUT2D eigenvalue weighted by atomic mass is 16.5. The number of methoxy groups -OCH3 is 1. The summed E-state index contributed by atoms with van der Waals surface area (Å²) in [6.07, 6.45) is 8.99. The normalized spacial score (nSPS) is 27.3. The number of amides is 2. The molecule has 1 aromatic carbocycles. The number of benzene rings is 1. The third-order valence-corrected chi connectivity index (χ3v) is 9.12. The molecule has 2 aliphatic heterocycles. The van der Waals surface area contributed by atoms with Gasteiger partial charge in [-0.2, -0.15) is 0 Å². The van der Waals surface area contributed by atoms with Gasteiger partial charge in [-0.25, -0.2) is 0 Å². The van der Waals surface area contributed by atoms with Gasteiger partial charge in [-0.05, 0) is 69.2 Å². The zero-order valence-corrected chi connectivity index (χ0v) is 23.8. The number of aromatic nitrogens is 1. The zero-order chi connectivity index (χ0) is 26.9. The van der Waals surface area contributed by atoms with E-state index in [1.807, 2.05) is 40.7 Å². The number of piperidine rings is 1. The molecule has 2 amide bonds. The van der Waals surface area contributed by atoms with Crippen LogP contribution in [-0.2, 0) is 11.3 Å². The number of likely N-dealkylation sites (tertiary alicyclic amines) is 1. The molecule has 1 saturated heterocycles. The Morgan fingerprint density at radius 1 is 1.05 bits per heavy atom. The molecule has 0 unspecified atom stereocenters. The third kappa shape index (κ3) is 5.45. The van der Waals surface area contributed by atoms with E-state index in [0.717, 1.165) is 68.4 Å². The van der Waals surface area contributed by atoms with Gasteiger partial charge in [-0.3, -0.25) is 9.59 Å². The van der Waals surface area contributed by atoms with Gasteiger partial charge in [-0.1, -0.05) is 39.5 Å². The van der Waals surface area contributed by atoms with Crippen LogP contribution in [0.25, 0.3) is 10.9 Å². The molecule has 2 aromatic rings. The topological polar surface area (TPSA) is 66.8 Å². The first-order chi connectivity index (χ1) is 18.3. The van der Waals surface area contributed by atoms with E-state index in [4.69, 9.17) is 4.74 Å². The number of rotatable bonds is 7. The molecule has 2 fully saturated rings. The Hall–Kier alpha value is -2.54. The molecule has 208 valence electrons. The molecule has 7 heteroatoms. The average Bonchev–Trinajstić information content (AvgIpc) is 3.04. The molecule has 0 radical (unpaired) electrons. The van der Waals surface area contributed by atoms with Crippen molar-refractivity contribution in [2.75, 3.05) is 33.3 Å². The second kappa shape index (κ2) is 11.3. The van der Waals surface area contributed by atoms with Gasteiger partial charge in [0, 0.05) is 37.1 Å². The predicted octanol–water partition coefficient (Wildman–Crippen LogP) is 5.07. The maximum atomic E-state index is 14.1. The highest BCUT2D eigenvalue weighted by Crippen LogP contribution is 2.34. The first-order valence-corrected chi connectivity index (χ1v) is 14.8. The predicted molar refractivity (Wildman–Crippen MR) is 152 cm³/mol. The summed E-state index contributed by atoms with van der Waals surface area (Å²) in [7, 11) is 1.66.